The van der Waals surface area contributed by atoms with E-state index in [-0.39, 0.29) is 28.5 Å². The van der Waals surface area contributed by atoms with Gasteiger partial charge >= 0.3 is 6.03 Å². The van der Waals surface area contributed by atoms with Crippen molar-refractivity contribution < 1.29 is 14.7 Å². The molecule has 0 saturated heterocycles. The molecule has 0 spiro atoms. The monoisotopic (exact) mass is 482 g/mol. The fourth-order valence-corrected chi connectivity index (χ4v) is 3.80. The van der Waals surface area contributed by atoms with Gasteiger partial charge in [-0.15, -0.1) is 0 Å². The third-order valence-corrected chi connectivity index (χ3v) is 5.87. The SMILES string of the molecule is CCCCCCCNC(=O)Nc1cnccc1NC(=O)c1cc(C(C)(C)C)c(O)c(C(C)(C)C)c1. The molecule has 1 aromatic carbocycles. The molecule has 0 bridgehead atoms. The summed E-state index contributed by atoms with van der Waals surface area (Å²) in [5.41, 5.74) is 2.03. The molecule has 0 aliphatic carbocycles. The lowest BCUT2D eigenvalue weighted by atomic mass is 9.78. The van der Waals surface area contributed by atoms with Gasteiger partial charge in [-0.3, -0.25) is 9.78 Å². The molecule has 1 heterocycles. The van der Waals surface area contributed by atoms with E-state index in [4.69, 9.17) is 0 Å². The molecule has 0 fully saturated rings. The molecular formula is C28H42N4O3. The number of anilines is 2. The number of amides is 3. The van der Waals surface area contributed by atoms with Crippen molar-refractivity contribution in [2.24, 2.45) is 0 Å². The lowest BCUT2D eigenvalue weighted by Gasteiger charge is -2.28. The van der Waals surface area contributed by atoms with Crippen molar-refractivity contribution >= 4 is 23.3 Å². The molecular weight excluding hydrogens is 440 g/mol. The average Bonchev–Trinajstić information content (AvgIpc) is 2.76. The van der Waals surface area contributed by atoms with Gasteiger partial charge < -0.3 is 21.1 Å². The summed E-state index contributed by atoms with van der Waals surface area (Å²) in [6.07, 6.45) is 8.64. The second-order valence-electron chi connectivity index (χ2n) is 11.1. The van der Waals surface area contributed by atoms with E-state index in [1.165, 1.54) is 25.5 Å². The number of carbonyl (C=O) groups excluding carboxylic acids is 2. The first kappa shape index (κ1) is 28.1. The van der Waals surface area contributed by atoms with Gasteiger partial charge in [0.2, 0.25) is 0 Å². The van der Waals surface area contributed by atoms with Crippen LogP contribution in [0.3, 0.4) is 0 Å². The van der Waals surface area contributed by atoms with Crippen molar-refractivity contribution in [3.63, 3.8) is 0 Å². The van der Waals surface area contributed by atoms with Crippen LogP contribution in [0.2, 0.25) is 0 Å². The fraction of sp³-hybridized carbons (Fsp3) is 0.536. The number of hydrogen-bond acceptors (Lipinski definition) is 4. The smallest absolute Gasteiger partial charge is 0.319 e. The van der Waals surface area contributed by atoms with Crippen LogP contribution >= 0.6 is 0 Å². The van der Waals surface area contributed by atoms with Gasteiger partial charge in [-0.1, -0.05) is 74.1 Å². The van der Waals surface area contributed by atoms with Crippen LogP contribution in [0.25, 0.3) is 0 Å². The Kier molecular flexibility index (Phi) is 9.69. The van der Waals surface area contributed by atoms with Crippen molar-refractivity contribution in [2.75, 3.05) is 17.2 Å². The van der Waals surface area contributed by atoms with Crippen LogP contribution in [0.1, 0.15) is 102 Å². The summed E-state index contributed by atoms with van der Waals surface area (Å²) in [5.74, 6) is -0.106. The lowest BCUT2D eigenvalue weighted by Crippen LogP contribution is -2.30. The van der Waals surface area contributed by atoms with Crippen molar-refractivity contribution in [3.05, 3.63) is 47.3 Å². The Bertz CT molecular complexity index is 985. The first-order valence-electron chi connectivity index (χ1n) is 12.5. The Labute approximate surface area is 210 Å². The fourth-order valence-electron chi connectivity index (χ4n) is 3.80. The third-order valence-electron chi connectivity index (χ3n) is 5.87. The summed E-state index contributed by atoms with van der Waals surface area (Å²) in [6.45, 7) is 14.8. The van der Waals surface area contributed by atoms with Crippen LogP contribution in [-0.2, 0) is 10.8 Å². The van der Waals surface area contributed by atoms with Gasteiger partial charge in [0.1, 0.15) is 5.75 Å². The number of nitrogens with one attached hydrogen (secondary N) is 3. The number of hydrogen-bond donors (Lipinski definition) is 4. The molecule has 0 aliphatic rings. The summed E-state index contributed by atoms with van der Waals surface area (Å²) < 4.78 is 0. The lowest BCUT2D eigenvalue weighted by molar-refractivity contribution is 0.102. The van der Waals surface area contributed by atoms with Crippen LogP contribution in [0.4, 0.5) is 16.2 Å². The first-order valence-corrected chi connectivity index (χ1v) is 12.5. The number of phenolic OH excluding ortho intramolecular Hbond substituents is 1. The van der Waals surface area contributed by atoms with E-state index in [9.17, 15) is 14.7 Å². The highest BCUT2D eigenvalue weighted by Crippen LogP contribution is 2.40. The standard InChI is InChI=1S/C28H42N4O3/c1-8-9-10-11-12-14-30-26(35)32-23-18-29-15-13-22(23)31-25(34)19-16-20(27(2,3)4)24(33)21(17-19)28(5,6)7/h13,15-18,33H,8-12,14H2,1-7H3,(H,29,31,34)(H2,30,32,35). The maximum atomic E-state index is 13.3. The highest BCUT2D eigenvalue weighted by atomic mass is 16.3. The highest BCUT2D eigenvalue weighted by Gasteiger charge is 2.28. The molecule has 0 radical (unpaired) electrons. The number of aromatic hydroxyl groups is 1. The van der Waals surface area contributed by atoms with Crippen LogP contribution < -0.4 is 16.0 Å². The van der Waals surface area contributed by atoms with Gasteiger partial charge in [0.15, 0.2) is 0 Å². The van der Waals surface area contributed by atoms with Gasteiger partial charge in [0.25, 0.3) is 5.91 Å². The largest absolute Gasteiger partial charge is 0.507 e. The normalized spacial score (nSPS) is 11.7. The molecule has 0 unspecified atom stereocenters. The van der Waals surface area contributed by atoms with Crippen molar-refractivity contribution in [1.29, 1.82) is 0 Å². The maximum Gasteiger partial charge on any atom is 0.319 e. The topological polar surface area (TPSA) is 103 Å². The number of benzene rings is 1. The molecule has 2 aromatic rings. The molecule has 1 aromatic heterocycles. The minimum Gasteiger partial charge on any atom is -0.507 e. The molecule has 7 nitrogen and oxygen atoms in total. The molecule has 0 aliphatic heterocycles. The summed E-state index contributed by atoms with van der Waals surface area (Å²) in [5, 5.41) is 19.5. The Morgan fingerprint density at radius 1 is 0.886 bits per heavy atom. The Morgan fingerprint density at radius 2 is 1.49 bits per heavy atom. The Hall–Kier alpha value is -3.09. The summed E-state index contributed by atoms with van der Waals surface area (Å²) in [6, 6.07) is 4.78. The summed E-state index contributed by atoms with van der Waals surface area (Å²) >= 11 is 0. The summed E-state index contributed by atoms with van der Waals surface area (Å²) in [7, 11) is 0. The molecule has 4 N–H and O–H groups in total. The number of aromatic nitrogens is 1. The van der Waals surface area contributed by atoms with E-state index in [0.29, 0.717) is 34.6 Å². The summed E-state index contributed by atoms with van der Waals surface area (Å²) in [4.78, 5) is 29.7. The van der Waals surface area contributed by atoms with E-state index >= 15 is 0 Å². The molecule has 0 saturated carbocycles. The number of pyridine rings is 1. The second kappa shape index (κ2) is 12.0. The van der Waals surface area contributed by atoms with Crippen LogP contribution in [0, 0.1) is 0 Å². The zero-order valence-electron chi connectivity index (χ0n) is 22.3. The third kappa shape index (κ3) is 8.26. The van der Waals surface area contributed by atoms with Gasteiger partial charge in [0.05, 0.1) is 17.6 Å². The highest BCUT2D eigenvalue weighted by molar-refractivity contribution is 6.07. The molecule has 3 amide bonds. The van der Waals surface area contributed by atoms with E-state index in [1.807, 2.05) is 41.5 Å². The van der Waals surface area contributed by atoms with Gasteiger partial charge in [0, 0.05) is 29.4 Å². The van der Waals surface area contributed by atoms with Crippen molar-refractivity contribution in [1.82, 2.24) is 10.3 Å². The van der Waals surface area contributed by atoms with Crippen molar-refractivity contribution in [2.45, 2.75) is 91.4 Å². The van der Waals surface area contributed by atoms with Crippen LogP contribution in [0.5, 0.6) is 5.75 Å². The van der Waals surface area contributed by atoms with Gasteiger partial charge in [-0.05, 0) is 35.4 Å². The van der Waals surface area contributed by atoms with Crippen LogP contribution in [-0.4, -0.2) is 28.6 Å². The van der Waals surface area contributed by atoms with Gasteiger partial charge in [-0.2, -0.15) is 0 Å². The minimum atomic E-state index is -0.349. The maximum absolute atomic E-state index is 13.3. The zero-order chi connectivity index (χ0) is 26.2. The Morgan fingerprint density at radius 3 is 2.06 bits per heavy atom. The van der Waals surface area contributed by atoms with E-state index in [0.717, 1.165) is 12.8 Å². The van der Waals surface area contributed by atoms with E-state index < -0.39 is 0 Å². The zero-order valence-corrected chi connectivity index (χ0v) is 22.3. The quantitative estimate of drug-likeness (QED) is 0.298. The molecule has 0 atom stereocenters. The molecule has 7 heteroatoms. The number of carbonyl (C=O) groups is 2. The van der Waals surface area contributed by atoms with Crippen LogP contribution in [0.15, 0.2) is 30.6 Å². The Balaban J connectivity index is 2.19. The molecule has 2 rings (SSSR count). The predicted octanol–water partition coefficient (Wildman–Crippen LogP) is 6.73. The average molecular weight is 483 g/mol. The first-order chi connectivity index (χ1) is 16.3. The molecule has 35 heavy (non-hydrogen) atoms. The second-order valence-corrected chi connectivity index (χ2v) is 11.1. The molecule has 192 valence electrons. The number of rotatable bonds is 9. The number of nitrogens with zero attached hydrogens (tertiary/aromatic N) is 1. The van der Waals surface area contributed by atoms with Crippen molar-refractivity contribution in [3.8, 4) is 5.75 Å². The number of unbranched alkanes of at least 4 members (excludes halogenated alkanes) is 4. The number of phenols is 1. The van der Waals surface area contributed by atoms with E-state index in [2.05, 4.69) is 27.9 Å². The number of urea groups is 1. The predicted molar refractivity (Wildman–Crippen MR) is 143 cm³/mol. The minimum absolute atomic E-state index is 0.221. The van der Waals surface area contributed by atoms with Gasteiger partial charge in [-0.25, -0.2) is 4.79 Å². The van der Waals surface area contributed by atoms with E-state index in [1.54, 1.807) is 24.4 Å².